The summed E-state index contributed by atoms with van der Waals surface area (Å²) >= 11 is 3.76. The average Bonchev–Trinajstić information content (AvgIpc) is 2.95. The first-order valence-corrected chi connectivity index (χ1v) is 7.39. The van der Waals surface area contributed by atoms with E-state index in [0.717, 1.165) is 25.9 Å². The van der Waals surface area contributed by atoms with E-state index in [2.05, 4.69) is 41.9 Å². The van der Waals surface area contributed by atoms with Crippen LogP contribution in [0.5, 0.6) is 0 Å². The van der Waals surface area contributed by atoms with Gasteiger partial charge in [0.15, 0.2) is 0 Å². The monoisotopic (exact) mass is 251 g/mol. The summed E-state index contributed by atoms with van der Waals surface area (Å²) in [6, 6.07) is 8.79. The molecule has 0 unspecified atom stereocenters. The highest BCUT2D eigenvalue weighted by atomic mass is 32.1. The SMILES string of the molecule is CCc1ccc(CNCCc2cccs2)s1. The minimum atomic E-state index is 1.01. The summed E-state index contributed by atoms with van der Waals surface area (Å²) in [5.74, 6) is 0. The van der Waals surface area contributed by atoms with E-state index in [0.29, 0.717) is 0 Å². The van der Waals surface area contributed by atoms with Gasteiger partial charge in [0.1, 0.15) is 0 Å². The number of thiophene rings is 2. The van der Waals surface area contributed by atoms with Crippen LogP contribution in [0.1, 0.15) is 21.6 Å². The summed E-state index contributed by atoms with van der Waals surface area (Å²) in [5, 5.41) is 5.64. The summed E-state index contributed by atoms with van der Waals surface area (Å²) in [4.78, 5) is 4.39. The maximum absolute atomic E-state index is 3.49. The summed E-state index contributed by atoms with van der Waals surface area (Å²) in [6.07, 6.45) is 2.30. The summed E-state index contributed by atoms with van der Waals surface area (Å²) in [5.41, 5.74) is 0. The molecule has 2 rings (SSSR count). The van der Waals surface area contributed by atoms with Crippen molar-refractivity contribution in [2.24, 2.45) is 0 Å². The summed E-state index contributed by atoms with van der Waals surface area (Å²) in [7, 11) is 0. The average molecular weight is 251 g/mol. The Balaban J connectivity index is 1.68. The second kappa shape index (κ2) is 6.18. The number of hydrogen-bond donors (Lipinski definition) is 1. The maximum Gasteiger partial charge on any atom is 0.0299 e. The topological polar surface area (TPSA) is 12.0 Å². The fourth-order valence-corrected chi connectivity index (χ4v) is 3.22. The van der Waals surface area contributed by atoms with Gasteiger partial charge in [-0.1, -0.05) is 13.0 Å². The van der Waals surface area contributed by atoms with Crippen molar-refractivity contribution in [1.82, 2.24) is 5.32 Å². The molecule has 3 heteroatoms. The predicted molar refractivity (Wildman–Crippen MR) is 73.4 cm³/mol. The first-order valence-electron chi connectivity index (χ1n) is 5.69. The lowest BCUT2D eigenvalue weighted by Gasteiger charge is -2.01. The minimum Gasteiger partial charge on any atom is -0.311 e. The largest absolute Gasteiger partial charge is 0.311 e. The molecule has 1 N–H and O–H groups in total. The highest BCUT2D eigenvalue weighted by Crippen LogP contribution is 2.16. The third kappa shape index (κ3) is 3.44. The van der Waals surface area contributed by atoms with Gasteiger partial charge in [-0.05, 0) is 36.4 Å². The normalized spacial score (nSPS) is 10.8. The van der Waals surface area contributed by atoms with Gasteiger partial charge < -0.3 is 5.32 Å². The standard InChI is InChI=1S/C13H17NS2/c1-2-11-5-6-13(16-11)10-14-8-7-12-4-3-9-15-12/h3-6,9,14H,2,7-8,10H2,1H3. The van der Waals surface area contributed by atoms with Crippen LogP contribution in [-0.4, -0.2) is 6.54 Å². The summed E-state index contributed by atoms with van der Waals surface area (Å²) in [6.45, 7) is 4.29. The van der Waals surface area contributed by atoms with Crippen molar-refractivity contribution < 1.29 is 0 Å². The summed E-state index contributed by atoms with van der Waals surface area (Å²) < 4.78 is 0. The Labute approximate surface area is 105 Å². The van der Waals surface area contributed by atoms with Crippen molar-refractivity contribution in [1.29, 1.82) is 0 Å². The van der Waals surface area contributed by atoms with E-state index in [1.54, 1.807) is 0 Å². The van der Waals surface area contributed by atoms with Gasteiger partial charge in [0.25, 0.3) is 0 Å². The molecule has 2 aromatic heterocycles. The fourth-order valence-electron chi connectivity index (χ4n) is 1.59. The minimum absolute atomic E-state index is 1.01. The van der Waals surface area contributed by atoms with Gasteiger partial charge in [-0.2, -0.15) is 0 Å². The fraction of sp³-hybridized carbons (Fsp3) is 0.385. The van der Waals surface area contributed by atoms with Crippen molar-refractivity contribution >= 4 is 22.7 Å². The molecule has 0 saturated carbocycles. The van der Waals surface area contributed by atoms with Crippen LogP contribution >= 0.6 is 22.7 Å². The van der Waals surface area contributed by atoms with E-state index >= 15 is 0 Å². The first-order chi connectivity index (χ1) is 7.88. The van der Waals surface area contributed by atoms with Gasteiger partial charge in [0.2, 0.25) is 0 Å². The van der Waals surface area contributed by atoms with Gasteiger partial charge in [0, 0.05) is 27.7 Å². The van der Waals surface area contributed by atoms with E-state index in [9.17, 15) is 0 Å². The van der Waals surface area contributed by atoms with Crippen LogP contribution in [0.3, 0.4) is 0 Å². The van der Waals surface area contributed by atoms with Crippen LogP contribution in [0, 0.1) is 0 Å². The first kappa shape index (κ1) is 11.8. The van der Waals surface area contributed by atoms with Gasteiger partial charge in [0.05, 0.1) is 0 Å². The van der Waals surface area contributed by atoms with Crippen LogP contribution in [0.15, 0.2) is 29.6 Å². The van der Waals surface area contributed by atoms with Crippen molar-refractivity contribution in [3.05, 3.63) is 44.3 Å². The van der Waals surface area contributed by atoms with Crippen LogP contribution < -0.4 is 5.32 Å². The number of nitrogens with one attached hydrogen (secondary N) is 1. The Morgan fingerprint density at radius 2 is 2.00 bits per heavy atom. The molecule has 0 aliphatic heterocycles. The van der Waals surface area contributed by atoms with Gasteiger partial charge >= 0.3 is 0 Å². The maximum atomic E-state index is 3.49. The molecule has 0 spiro atoms. The molecule has 0 amide bonds. The number of aryl methyl sites for hydroxylation is 1. The van der Waals surface area contributed by atoms with E-state index in [1.165, 1.54) is 14.6 Å². The van der Waals surface area contributed by atoms with Crippen LogP contribution in [0.25, 0.3) is 0 Å². The van der Waals surface area contributed by atoms with Crippen molar-refractivity contribution in [2.75, 3.05) is 6.54 Å². The Kier molecular flexibility index (Phi) is 4.57. The highest BCUT2D eigenvalue weighted by molar-refractivity contribution is 7.12. The molecular weight excluding hydrogens is 234 g/mol. The lowest BCUT2D eigenvalue weighted by molar-refractivity contribution is 0.697. The molecule has 0 fully saturated rings. The van der Waals surface area contributed by atoms with E-state index in [1.807, 2.05) is 22.7 Å². The second-order valence-corrected chi connectivity index (χ2v) is 6.01. The molecule has 0 radical (unpaired) electrons. The predicted octanol–water partition coefficient (Wildman–Crippen LogP) is 3.70. The third-order valence-electron chi connectivity index (χ3n) is 2.49. The molecule has 16 heavy (non-hydrogen) atoms. The smallest absolute Gasteiger partial charge is 0.0299 e. The zero-order valence-corrected chi connectivity index (χ0v) is 11.2. The van der Waals surface area contributed by atoms with E-state index < -0.39 is 0 Å². The zero-order chi connectivity index (χ0) is 11.2. The van der Waals surface area contributed by atoms with Crippen LogP contribution in [-0.2, 0) is 19.4 Å². The van der Waals surface area contributed by atoms with Gasteiger partial charge in [-0.15, -0.1) is 22.7 Å². The lowest BCUT2D eigenvalue weighted by atomic mass is 10.3. The zero-order valence-electron chi connectivity index (χ0n) is 9.53. The molecule has 1 nitrogen and oxygen atoms in total. The molecule has 86 valence electrons. The Bertz CT molecular complexity index is 403. The van der Waals surface area contributed by atoms with Crippen molar-refractivity contribution in [2.45, 2.75) is 26.3 Å². The molecular formula is C13H17NS2. The third-order valence-corrected chi connectivity index (χ3v) is 4.66. The molecule has 2 heterocycles. The number of hydrogen-bond acceptors (Lipinski definition) is 3. The van der Waals surface area contributed by atoms with Crippen LogP contribution in [0.4, 0.5) is 0 Å². The van der Waals surface area contributed by atoms with Crippen molar-refractivity contribution in [3.8, 4) is 0 Å². The van der Waals surface area contributed by atoms with E-state index in [-0.39, 0.29) is 0 Å². The molecule has 0 atom stereocenters. The highest BCUT2D eigenvalue weighted by Gasteiger charge is 1.98. The van der Waals surface area contributed by atoms with Crippen molar-refractivity contribution in [3.63, 3.8) is 0 Å². The molecule has 2 aromatic rings. The molecule has 0 bridgehead atoms. The molecule has 0 aromatic carbocycles. The Morgan fingerprint density at radius 3 is 2.69 bits per heavy atom. The molecule has 0 saturated heterocycles. The second-order valence-electron chi connectivity index (χ2n) is 3.73. The lowest BCUT2D eigenvalue weighted by Crippen LogP contribution is -2.15. The number of rotatable bonds is 6. The Morgan fingerprint density at radius 1 is 1.12 bits per heavy atom. The molecule has 0 aliphatic carbocycles. The molecule has 0 aliphatic rings. The van der Waals surface area contributed by atoms with Gasteiger partial charge in [-0.3, -0.25) is 0 Å². The van der Waals surface area contributed by atoms with Crippen LogP contribution in [0.2, 0.25) is 0 Å². The quantitative estimate of drug-likeness (QED) is 0.772. The van der Waals surface area contributed by atoms with E-state index in [4.69, 9.17) is 0 Å². The Hall–Kier alpha value is -0.640. The van der Waals surface area contributed by atoms with Gasteiger partial charge in [-0.25, -0.2) is 0 Å².